The van der Waals surface area contributed by atoms with Crippen LogP contribution < -0.4 is 9.57 Å². The maximum Gasteiger partial charge on any atom is 0.276 e. The third-order valence-electron chi connectivity index (χ3n) is 3.23. The van der Waals surface area contributed by atoms with Gasteiger partial charge >= 0.3 is 0 Å². The topological polar surface area (TPSA) is 67.8 Å². The van der Waals surface area contributed by atoms with Crippen molar-refractivity contribution in [3.63, 3.8) is 0 Å². The van der Waals surface area contributed by atoms with Gasteiger partial charge in [-0.15, -0.1) is 0 Å². The first-order valence-corrected chi connectivity index (χ1v) is 9.72. The fourth-order valence-corrected chi connectivity index (χ4v) is 3.31. The smallest absolute Gasteiger partial charge is 0.276 e. The van der Waals surface area contributed by atoms with Crippen LogP contribution in [-0.2, 0) is 10.0 Å². The average Bonchev–Trinajstić information content (AvgIpc) is 2.53. The zero-order valence-electron chi connectivity index (χ0n) is 12.3. The summed E-state index contributed by atoms with van der Waals surface area (Å²) in [5.41, 5.74) is 0.788. The molecule has 0 aliphatic carbocycles. The molecule has 1 heterocycles. The lowest BCUT2D eigenvalue weighted by atomic mass is 10.2. The molecule has 0 unspecified atom stereocenters. The van der Waals surface area contributed by atoms with Gasteiger partial charge in [0.1, 0.15) is 11.9 Å². The fraction of sp³-hybridized carbons (Fsp3) is 0.188. The van der Waals surface area contributed by atoms with Gasteiger partial charge in [0.05, 0.1) is 11.1 Å². The van der Waals surface area contributed by atoms with Crippen molar-refractivity contribution in [2.45, 2.75) is 11.0 Å². The molecule has 0 spiro atoms. The Balaban J connectivity index is 1.59. The Kier molecular flexibility index (Phi) is 4.88. The summed E-state index contributed by atoms with van der Waals surface area (Å²) in [6.45, 7) is 0. The minimum atomic E-state index is -3.63. The van der Waals surface area contributed by atoms with Crippen LogP contribution in [0.25, 0.3) is 0 Å². The minimum Gasteiger partial charge on any atom is -0.489 e. The van der Waals surface area contributed by atoms with E-state index in [9.17, 15) is 8.42 Å². The Labute approximate surface area is 139 Å². The van der Waals surface area contributed by atoms with Gasteiger partial charge in [0.25, 0.3) is 10.0 Å². The van der Waals surface area contributed by atoms with Gasteiger partial charge in [-0.3, -0.25) is 0 Å². The van der Waals surface area contributed by atoms with Crippen molar-refractivity contribution in [2.75, 3.05) is 11.5 Å². The van der Waals surface area contributed by atoms with Crippen LogP contribution in [0.1, 0.15) is 5.56 Å². The Morgan fingerprint density at radius 2 is 1.78 bits per heavy atom. The van der Waals surface area contributed by atoms with Crippen molar-refractivity contribution in [1.29, 1.82) is 0 Å². The second-order valence-electron chi connectivity index (χ2n) is 5.01. The van der Waals surface area contributed by atoms with Crippen LogP contribution in [0.2, 0.25) is 0 Å². The molecule has 1 N–H and O–H groups in total. The van der Waals surface area contributed by atoms with Gasteiger partial charge in [-0.25, -0.2) is 4.83 Å². The zero-order chi connectivity index (χ0) is 16.1. The number of thioether (sulfide) groups is 1. The van der Waals surface area contributed by atoms with Gasteiger partial charge < -0.3 is 4.74 Å². The van der Waals surface area contributed by atoms with E-state index in [0.29, 0.717) is 6.10 Å². The van der Waals surface area contributed by atoms with Crippen LogP contribution in [0, 0.1) is 0 Å². The Morgan fingerprint density at radius 1 is 1.09 bits per heavy atom. The fourth-order valence-electron chi connectivity index (χ4n) is 1.93. The van der Waals surface area contributed by atoms with Crippen molar-refractivity contribution in [3.05, 3.63) is 60.2 Å². The SMILES string of the molecule is O=S(=O)(N/N=C/c1ccc(OC2CSC2)cc1)c1ccccc1. The molecule has 1 fully saturated rings. The molecule has 0 radical (unpaired) electrons. The summed E-state index contributed by atoms with van der Waals surface area (Å²) < 4.78 is 29.7. The number of nitrogens with one attached hydrogen (secondary N) is 1. The summed E-state index contributed by atoms with van der Waals surface area (Å²) in [6.07, 6.45) is 1.76. The number of hydrogen-bond donors (Lipinski definition) is 1. The summed E-state index contributed by atoms with van der Waals surface area (Å²) in [5, 5.41) is 3.80. The van der Waals surface area contributed by atoms with E-state index in [1.807, 2.05) is 36.0 Å². The predicted molar refractivity (Wildman–Crippen MR) is 92.5 cm³/mol. The number of sulfonamides is 1. The summed E-state index contributed by atoms with van der Waals surface area (Å²) in [7, 11) is -3.63. The van der Waals surface area contributed by atoms with E-state index in [1.54, 1.807) is 18.2 Å². The lowest BCUT2D eigenvalue weighted by Gasteiger charge is -2.25. The van der Waals surface area contributed by atoms with E-state index >= 15 is 0 Å². The minimum absolute atomic E-state index is 0.180. The van der Waals surface area contributed by atoms with Crippen LogP contribution >= 0.6 is 11.8 Å². The van der Waals surface area contributed by atoms with Gasteiger partial charge in [-0.2, -0.15) is 25.3 Å². The third kappa shape index (κ3) is 4.27. The number of rotatable bonds is 6. The molecule has 0 aromatic heterocycles. The van der Waals surface area contributed by atoms with E-state index < -0.39 is 10.0 Å². The molecular weight excluding hydrogens is 332 g/mol. The first-order chi connectivity index (χ1) is 11.1. The molecule has 23 heavy (non-hydrogen) atoms. The molecule has 5 nitrogen and oxygen atoms in total. The molecule has 1 aliphatic heterocycles. The summed E-state index contributed by atoms with van der Waals surface area (Å²) in [5.74, 6) is 2.88. The number of hydrazone groups is 1. The monoisotopic (exact) mass is 348 g/mol. The molecule has 120 valence electrons. The highest BCUT2D eigenvalue weighted by molar-refractivity contribution is 8.00. The van der Waals surface area contributed by atoms with Gasteiger partial charge in [0.15, 0.2) is 0 Å². The van der Waals surface area contributed by atoms with Crippen molar-refractivity contribution < 1.29 is 13.2 Å². The largest absolute Gasteiger partial charge is 0.489 e. The van der Waals surface area contributed by atoms with Crippen LogP contribution in [0.5, 0.6) is 5.75 Å². The number of nitrogens with zero attached hydrogens (tertiary/aromatic N) is 1. The van der Waals surface area contributed by atoms with Gasteiger partial charge in [-0.1, -0.05) is 18.2 Å². The molecule has 0 atom stereocenters. The summed E-state index contributed by atoms with van der Waals surface area (Å²) in [6, 6.07) is 15.5. The lowest BCUT2D eigenvalue weighted by Crippen LogP contribution is -2.30. The predicted octanol–water partition coefficient (Wildman–Crippen LogP) is 2.49. The highest BCUT2D eigenvalue weighted by Crippen LogP contribution is 2.23. The molecule has 1 saturated heterocycles. The molecule has 2 aromatic rings. The molecule has 3 rings (SSSR count). The van der Waals surface area contributed by atoms with Crippen molar-refractivity contribution in [1.82, 2.24) is 4.83 Å². The Bertz CT molecular complexity index is 771. The number of benzene rings is 2. The number of ether oxygens (including phenoxy) is 1. The highest BCUT2D eigenvalue weighted by atomic mass is 32.2. The van der Waals surface area contributed by atoms with Crippen molar-refractivity contribution in [3.8, 4) is 5.75 Å². The molecular formula is C16H16N2O3S2. The normalized spacial score (nSPS) is 15.3. The van der Waals surface area contributed by atoms with E-state index in [-0.39, 0.29) is 4.90 Å². The maximum atomic E-state index is 12.0. The molecule has 0 amide bonds. The quantitative estimate of drug-likeness (QED) is 0.643. The van der Waals surface area contributed by atoms with Gasteiger partial charge in [-0.05, 0) is 42.0 Å². The molecule has 0 saturated carbocycles. The second-order valence-corrected chi connectivity index (χ2v) is 7.75. The first-order valence-electron chi connectivity index (χ1n) is 7.08. The zero-order valence-corrected chi connectivity index (χ0v) is 13.9. The van der Waals surface area contributed by atoms with Gasteiger partial charge in [0.2, 0.25) is 0 Å². The molecule has 7 heteroatoms. The Morgan fingerprint density at radius 3 is 2.39 bits per heavy atom. The van der Waals surface area contributed by atoms with Crippen LogP contribution in [0.4, 0.5) is 0 Å². The van der Waals surface area contributed by atoms with E-state index in [2.05, 4.69) is 9.93 Å². The van der Waals surface area contributed by atoms with Crippen LogP contribution in [-0.4, -0.2) is 32.2 Å². The van der Waals surface area contributed by atoms with Crippen molar-refractivity contribution in [2.24, 2.45) is 5.10 Å². The second kappa shape index (κ2) is 7.06. The Hall–Kier alpha value is -1.99. The van der Waals surface area contributed by atoms with Crippen LogP contribution in [0.3, 0.4) is 0 Å². The lowest BCUT2D eigenvalue weighted by molar-refractivity contribution is 0.240. The van der Waals surface area contributed by atoms with E-state index in [1.165, 1.54) is 18.3 Å². The molecule has 0 bridgehead atoms. The van der Waals surface area contributed by atoms with Gasteiger partial charge in [0, 0.05) is 11.5 Å². The summed E-state index contributed by atoms with van der Waals surface area (Å²) in [4.78, 5) is 2.38. The highest BCUT2D eigenvalue weighted by Gasteiger charge is 2.19. The van der Waals surface area contributed by atoms with E-state index in [4.69, 9.17) is 4.74 Å². The number of hydrogen-bond acceptors (Lipinski definition) is 5. The third-order valence-corrected chi connectivity index (χ3v) is 5.68. The van der Waals surface area contributed by atoms with Crippen molar-refractivity contribution >= 4 is 28.0 Å². The average molecular weight is 348 g/mol. The summed E-state index contributed by atoms with van der Waals surface area (Å²) >= 11 is 1.87. The molecule has 2 aromatic carbocycles. The standard InChI is InChI=1S/C16H16N2O3S2/c19-23(20,16-4-2-1-3-5-16)18-17-10-13-6-8-14(9-7-13)21-15-11-22-12-15/h1-10,15,18H,11-12H2/b17-10+. The van der Waals surface area contributed by atoms with E-state index in [0.717, 1.165) is 22.8 Å². The first kappa shape index (κ1) is 15.9. The maximum absolute atomic E-state index is 12.0. The van der Waals surface area contributed by atoms with Crippen LogP contribution in [0.15, 0.2) is 64.6 Å². The molecule has 1 aliphatic rings.